The Morgan fingerprint density at radius 1 is 1.03 bits per heavy atom. The number of rotatable bonds is 4. The van der Waals surface area contributed by atoms with E-state index in [2.05, 4.69) is 27.1 Å². The first-order valence-electron chi connectivity index (χ1n) is 10.4. The zero-order valence-corrected chi connectivity index (χ0v) is 17.3. The van der Waals surface area contributed by atoms with Gasteiger partial charge in [-0.3, -0.25) is 4.98 Å². The zero-order chi connectivity index (χ0) is 21.2. The van der Waals surface area contributed by atoms with E-state index < -0.39 is 0 Å². The van der Waals surface area contributed by atoms with Gasteiger partial charge in [-0.15, -0.1) is 0 Å². The number of aryl methyl sites for hydroxylation is 1. The van der Waals surface area contributed by atoms with Gasteiger partial charge in [-0.05, 0) is 54.4 Å². The van der Waals surface area contributed by atoms with Crippen molar-refractivity contribution in [3.05, 3.63) is 66.1 Å². The number of aromatic amines is 1. The third-order valence-corrected chi connectivity index (χ3v) is 5.61. The molecule has 3 aromatic heterocycles. The Bertz CT molecular complexity index is 1280. The van der Waals surface area contributed by atoms with Crippen molar-refractivity contribution in [3.63, 3.8) is 0 Å². The molecule has 0 bridgehead atoms. The van der Waals surface area contributed by atoms with Gasteiger partial charge >= 0.3 is 0 Å². The van der Waals surface area contributed by atoms with Gasteiger partial charge in [0.15, 0.2) is 0 Å². The highest BCUT2D eigenvalue weighted by molar-refractivity contribution is 5.96. The van der Waals surface area contributed by atoms with Crippen LogP contribution in [0.3, 0.4) is 0 Å². The Hall–Kier alpha value is -3.69. The SMILES string of the molecule is Cc1cc(-c2cc3c(-c4ccc(OC5CCOCC5)c(C#N)c4)ccnc3[nH]2)ccn1. The molecule has 0 aliphatic carbocycles. The molecule has 1 saturated heterocycles. The summed E-state index contributed by atoms with van der Waals surface area (Å²) in [5, 5.41) is 10.7. The van der Waals surface area contributed by atoms with Gasteiger partial charge in [0.1, 0.15) is 23.6 Å². The summed E-state index contributed by atoms with van der Waals surface area (Å²) in [5.41, 5.74) is 6.34. The van der Waals surface area contributed by atoms with Crippen LogP contribution < -0.4 is 4.74 Å². The van der Waals surface area contributed by atoms with Crippen LogP contribution in [0.2, 0.25) is 0 Å². The van der Waals surface area contributed by atoms with Crippen LogP contribution in [0, 0.1) is 18.3 Å². The molecular weight excluding hydrogens is 388 g/mol. The topological polar surface area (TPSA) is 83.8 Å². The summed E-state index contributed by atoms with van der Waals surface area (Å²) < 4.78 is 11.5. The minimum absolute atomic E-state index is 0.0929. The van der Waals surface area contributed by atoms with Gasteiger partial charge in [0, 0.05) is 47.6 Å². The number of nitrogens with zero attached hydrogens (tertiary/aromatic N) is 3. The fraction of sp³-hybridized carbons (Fsp3) is 0.240. The number of fused-ring (bicyclic) bond motifs is 1. The molecule has 154 valence electrons. The highest BCUT2D eigenvalue weighted by Crippen LogP contribution is 2.34. The fourth-order valence-electron chi connectivity index (χ4n) is 4.01. The summed E-state index contributed by atoms with van der Waals surface area (Å²) in [6.07, 6.45) is 5.38. The normalized spacial score (nSPS) is 14.5. The van der Waals surface area contributed by atoms with Gasteiger partial charge in [-0.1, -0.05) is 6.07 Å². The molecule has 1 aromatic carbocycles. The second-order valence-electron chi connectivity index (χ2n) is 7.74. The van der Waals surface area contributed by atoms with Crippen molar-refractivity contribution in [2.45, 2.75) is 25.9 Å². The average molecular weight is 410 g/mol. The summed E-state index contributed by atoms with van der Waals surface area (Å²) in [7, 11) is 0. The van der Waals surface area contributed by atoms with Gasteiger partial charge < -0.3 is 14.5 Å². The minimum atomic E-state index is 0.0929. The van der Waals surface area contributed by atoms with Gasteiger partial charge in [-0.25, -0.2) is 4.98 Å². The lowest BCUT2D eigenvalue weighted by Crippen LogP contribution is -2.26. The Labute approximate surface area is 180 Å². The number of pyridine rings is 2. The number of nitriles is 1. The first-order chi connectivity index (χ1) is 15.2. The maximum Gasteiger partial charge on any atom is 0.138 e. The lowest BCUT2D eigenvalue weighted by Gasteiger charge is -2.23. The van der Waals surface area contributed by atoms with E-state index in [0.717, 1.165) is 52.0 Å². The predicted octanol–water partition coefficient (Wildman–Crippen LogP) is 5.03. The molecule has 0 radical (unpaired) electrons. The van der Waals surface area contributed by atoms with Gasteiger partial charge in [-0.2, -0.15) is 5.26 Å². The molecule has 1 aliphatic rings. The van der Waals surface area contributed by atoms with E-state index >= 15 is 0 Å². The van der Waals surface area contributed by atoms with E-state index in [1.807, 2.05) is 43.3 Å². The second kappa shape index (κ2) is 8.21. The van der Waals surface area contributed by atoms with Crippen molar-refractivity contribution in [2.75, 3.05) is 13.2 Å². The third kappa shape index (κ3) is 3.88. The van der Waals surface area contributed by atoms with E-state index in [-0.39, 0.29) is 6.10 Å². The van der Waals surface area contributed by atoms with Crippen molar-refractivity contribution in [3.8, 4) is 34.2 Å². The van der Waals surface area contributed by atoms with Crippen LogP contribution in [0.1, 0.15) is 24.1 Å². The first-order valence-corrected chi connectivity index (χ1v) is 10.4. The van der Waals surface area contributed by atoms with Crippen LogP contribution in [0.25, 0.3) is 33.4 Å². The smallest absolute Gasteiger partial charge is 0.138 e. The van der Waals surface area contributed by atoms with Crippen LogP contribution in [0.4, 0.5) is 0 Å². The van der Waals surface area contributed by atoms with Crippen LogP contribution in [-0.4, -0.2) is 34.3 Å². The third-order valence-electron chi connectivity index (χ3n) is 5.61. The zero-order valence-electron chi connectivity index (χ0n) is 17.3. The lowest BCUT2D eigenvalue weighted by atomic mass is 10.0. The number of nitrogens with one attached hydrogen (secondary N) is 1. The number of ether oxygens (including phenoxy) is 2. The molecule has 6 heteroatoms. The van der Waals surface area contributed by atoms with E-state index in [4.69, 9.17) is 9.47 Å². The Kier molecular flexibility index (Phi) is 5.11. The number of aromatic nitrogens is 3. The molecule has 0 unspecified atom stereocenters. The summed E-state index contributed by atoms with van der Waals surface area (Å²) >= 11 is 0. The van der Waals surface area contributed by atoms with E-state index in [0.29, 0.717) is 24.5 Å². The Morgan fingerprint density at radius 2 is 1.87 bits per heavy atom. The van der Waals surface area contributed by atoms with Crippen LogP contribution in [0.15, 0.2) is 54.9 Å². The van der Waals surface area contributed by atoms with Crippen LogP contribution >= 0.6 is 0 Å². The molecule has 4 aromatic rings. The quantitative estimate of drug-likeness (QED) is 0.510. The van der Waals surface area contributed by atoms with Crippen LogP contribution in [-0.2, 0) is 4.74 Å². The maximum atomic E-state index is 9.73. The largest absolute Gasteiger partial charge is 0.489 e. The highest BCUT2D eigenvalue weighted by atomic mass is 16.5. The number of hydrogen-bond donors (Lipinski definition) is 1. The minimum Gasteiger partial charge on any atom is -0.489 e. The molecule has 0 atom stereocenters. The van der Waals surface area contributed by atoms with Gasteiger partial charge in [0.2, 0.25) is 0 Å². The fourth-order valence-corrected chi connectivity index (χ4v) is 4.01. The average Bonchev–Trinajstić information content (AvgIpc) is 3.25. The molecule has 0 spiro atoms. The molecule has 6 nitrogen and oxygen atoms in total. The standard InChI is InChI=1S/C25H22N4O2/c1-16-12-18(4-8-27-16)23-14-22-21(5-9-28-25(22)29-23)17-2-3-24(19(13-17)15-26)31-20-6-10-30-11-7-20/h2-5,8-9,12-14,20H,6-7,10-11H2,1H3,(H,28,29). The van der Waals surface area contributed by atoms with E-state index in [9.17, 15) is 5.26 Å². The number of H-pyrrole nitrogens is 1. The molecule has 5 rings (SSSR count). The monoisotopic (exact) mass is 410 g/mol. The summed E-state index contributed by atoms with van der Waals surface area (Å²) in [4.78, 5) is 12.2. The van der Waals surface area contributed by atoms with Crippen molar-refractivity contribution >= 4 is 11.0 Å². The molecule has 1 N–H and O–H groups in total. The molecule has 1 aliphatic heterocycles. The van der Waals surface area contributed by atoms with E-state index in [1.165, 1.54) is 0 Å². The van der Waals surface area contributed by atoms with Crippen molar-refractivity contribution in [2.24, 2.45) is 0 Å². The summed E-state index contributed by atoms with van der Waals surface area (Å²) in [6.45, 7) is 3.38. The summed E-state index contributed by atoms with van der Waals surface area (Å²) in [5.74, 6) is 0.630. The summed E-state index contributed by atoms with van der Waals surface area (Å²) in [6, 6.07) is 16.2. The lowest BCUT2D eigenvalue weighted by molar-refractivity contribution is 0.0254. The molecule has 1 fully saturated rings. The molecule has 0 saturated carbocycles. The number of hydrogen-bond acceptors (Lipinski definition) is 5. The maximum absolute atomic E-state index is 9.73. The highest BCUT2D eigenvalue weighted by Gasteiger charge is 2.18. The van der Waals surface area contributed by atoms with Crippen molar-refractivity contribution in [1.82, 2.24) is 15.0 Å². The van der Waals surface area contributed by atoms with Crippen molar-refractivity contribution in [1.29, 1.82) is 5.26 Å². The Balaban J connectivity index is 1.52. The van der Waals surface area contributed by atoms with E-state index in [1.54, 1.807) is 12.4 Å². The molecule has 0 amide bonds. The number of benzene rings is 1. The van der Waals surface area contributed by atoms with Gasteiger partial charge in [0.25, 0.3) is 0 Å². The van der Waals surface area contributed by atoms with Crippen LogP contribution in [0.5, 0.6) is 5.75 Å². The first kappa shape index (κ1) is 19.3. The Morgan fingerprint density at radius 3 is 2.68 bits per heavy atom. The molecule has 4 heterocycles. The van der Waals surface area contributed by atoms with Crippen molar-refractivity contribution < 1.29 is 9.47 Å². The second-order valence-corrected chi connectivity index (χ2v) is 7.74. The molecular formula is C25H22N4O2. The molecule has 31 heavy (non-hydrogen) atoms. The predicted molar refractivity (Wildman–Crippen MR) is 119 cm³/mol. The van der Waals surface area contributed by atoms with Gasteiger partial charge in [0.05, 0.1) is 18.8 Å².